The number of rotatable bonds is 4. The third kappa shape index (κ3) is 3.97. The Hall–Kier alpha value is -2.03. The van der Waals surface area contributed by atoms with Crippen molar-refractivity contribution in [2.45, 2.75) is 39.7 Å². The molecule has 0 radical (unpaired) electrons. The number of benzene rings is 1. The Labute approximate surface area is 127 Å². The molecule has 3 nitrogen and oxygen atoms in total. The van der Waals surface area contributed by atoms with E-state index in [0.29, 0.717) is 6.61 Å². The van der Waals surface area contributed by atoms with Crippen LogP contribution in [0.4, 0.5) is 5.82 Å². The smallest absolute Gasteiger partial charge is 0.125 e. The molecule has 0 spiro atoms. The number of hydrogen-bond acceptors (Lipinski definition) is 3. The lowest BCUT2D eigenvalue weighted by molar-refractivity contribution is 0.297. The summed E-state index contributed by atoms with van der Waals surface area (Å²) in [6.45, 7) is 9.26. The molecule has 0 aliphatic heterocycles. The highest BCUT2D eigenvalue weighted by Crippen LogP contribution is 2.32. The van der Waals surface area contributed by atoms with Crippen molar-refractivity contribution in [1.29, 1.82) is 0 Å². The predicted molar refractivity (Wildman–Crippen MR) is 88.0 cm³/mol. The number of anilines is 1. The van der Waals surface area contributed by atoms with Gasteiger partial charge in [-0.25, -0.2) is 4.98 Å². The van der Waals surface area contributed by atoms with Crippen molar-refractivity contribution in [1.82, 2.24) is 4.98 Å². The van der Waals surface area contributed by atoms with Crippen LogP contribution in [0.15, 0.2) is 36.5 Å². The van der Waals surface area contributed by atoms with Crippen molar-refractivity contribution >= 4 is 5.82 Å². The summed E-state index contributed by atoms with van der Waals surface area (Å²) in [6, 6.07) is 10.3. The molecule has 0 bridgehead atoms. The van der Waals surface area contributed by atoms with Crippen LogP contribution in [0.5, 0.6) is 5.75 Å². The number of aryl methyl sites for hydroxylation is 1. The first kappa shape index (κ1) is 15.4. The molecular weight excluding hydrogens is 260 g/mol. The van der Waals surface area contributed by atoms with E-state index in [0.717, 1.165) is 17.1 Å². The summed E-state index contributed by atoms with van der Waals surface area (Å²) in [5, 5.41) is 3.01. The molecule has 112 valence electrons. The van der Waals surface area contributed by atoms with Crippen LogP contribution in [0.1, 0.15) is 37.5 Å². The van der Waals surface area contributed by atoms with Crippen molar-refractivity contribution in [3.63, 3.8) is 0 Å². The normalized spacial score (nSPS) is 11.3. The molecule has 0 aliphatic rings. The van der Waals surface area contributed by atoms with Crippen LogP contribution < -0.4 is 10.1 Å². The van der Waals surface area contributed by atoms with E-state index in [1.54, 1.807) is 0 Å². The highest BCUT2D eigenvalue weighted by atomic mass is 16.5. The van der Waals surface area contributed by atoms with E-state index in [1.165, 1.54) is 11.1 Å². The van der Waals surface area contributed by atoms with E-state index in [1.807, 2.05) is 25.4 Å². The summed E-state index contributed by atoms with van der Waals surface area (Å²) < 4.78 is 6.02. The first-order chi connectivity index (χ1) is 9.90. The number of ether oxygens (including phenoxy) is 1. The van der Waals surface area contributed by atoms with Gasteiger partial charge in [0, 0.05) is 18.8 Å². The van der Waals surface area contributed by atoms with Gasteiger partial charge in [-0.05, 0) is 30.0 Å². The van der Waals surface area contributed by atoms with Gasteiger partial charge in [0.1, 0.15) is 18.2 Å². The van der Waals surface area contributed by atoms with Crippen LogP contribution >= 0.6 is 0 Å². The van der Waals surface area contributed by atoms with Crippen LogP contribution in [-0.2, 0) is 12.0 Å². The molecule has 2 aromatic rings. The van der Waals surface area contributed by atoms with Gasteiger partial charge in [0.05, 0.1) is 0 Å². The topological polar surface area (TPSA) is 34.1 Å². The molecule has 0 fully saturated rings. The fourth-order valence-corrected chi connectivity index (χ4v) is 2.17. The van der Waals surface area contributed by atoms with Gasteiger partial charge < -0.3 is 10.1 Å². The standard InChI is InChI=1S/C18H24N2O/c1-13-6-8-16(15(10-13)18(2,3)4)21-12-14-7-9-17(19-5)20-11-14/h6-11H,12H2,1-5H3,(H,19,20). The Bertz CT molecular complexity index is 598. The fraction of sp³-hybridized carbons (Fsp3) is 0.389. The minimum Gasteiger partial charge on any atom is -0.489 e. The van der Waals surface area contributed by atoms with Crippen molar-refractivity contribution < 1.29 is 4.74 Å². The highest BCUT2D eigenvalue weighted by Gasteiger charge is 2.19. The number of hydrogen-bond donors (Lipinski definition) is 1. The molecule has 0 aliphatic carbocycles. The van der Waals surface area contributed by atoms with Crippen molar-refractivity contribution in [2.75, 3.05) is 12.4 Å². The van der Waals surface area contributed by atoms with Crippen LogP contribution in [0.25, 0.3) is 0 Å². The van der Waals surface area contributed by atoms with Gasteiger partial charge in [0.2, 0.25) is 0 Å². The van der Waals surface area contributed by atoms with Crippen molar-refractivity contribution in [3.8, 4) is 5.75 Å². The molecule has 0 saturated carbocycles. The Kier molecular flexibility index (Phi) is 4.51. The van der Waals surface area contributed by atoms with Crippen molar-refractivity contribution in [3.05, 3.63) is 53.2 Å². The van der Waals surface area contributed by atoms with Gasteiger partial charge in [0.25, 0.3) is 0 Å². The van der Waals surface area contributed by atoms with Gasteiger partial charge in [0.15, 0.2) is 0 Å². The maximum atomic E-state index is 6.02. The predicted octanol–water partition coefficient (Wildman–Crippen LogP) is 4.31. The van der Waals surface area contributed by atoms with E-state index >= 15 is 0 Å². The number of pyridine rings is 1. The van der Waals surface area contributed by atoms with Crippen LogP contribution in [0.2, 0.25) is 0 Å². The third-order valence-corrected chi connectivity index (χ3v) is 3.42. The quantitative estimate of drug-likeness (QED) is 0.908. The highest BCUT2D eigenvalue weighted by molar-refractivity contribution is 5.41. The minimum absolute atomic E-state index is 0.0651. The molecule has 0 amide bonds. The van der Waals surface area contributed by atoms with Gasteiger partial charge in [-0.3, -0.25) is 0 Å². The zero-order valence-electron chi connectivity index (χ0n) is 13.5. The van der Waals surface area contributed by atoms with Gasteiger partial charge in [-0.15, -0.1) is 0 Å². The van der Waals surface area contributed by atoms with E-state index in [2.05, 4.69) is 56.2 Å². The molecule has 1 heterocycles. The molecule has 0 atom stereocenters. The van der Waals surface area contributed by atoms with E-state index < -0.39 is 0 Å². The lowest BCUT2D eigenvalue weighted by Crippen LogP contribution is -2.13. The summed E-state index contributed by atoms with van der Waals surface area (Å²) in [4.78, 5) is 4.30. The summed E-state index contributed by atoms with van der Waals surface area (Å²) in [6.07, 6.45) is 1.84. The molecule has 3 heteroatoms. The maximum absolute atomic E-state index is 6.02. The van der Waals surface area contributed by atoms with E-state index in [9.17, 15) is 0 Å². The Morgan fingerprint density at radius 2 is 1.90 bits per heavy atom. The summed E-state index contributed by atoms with van der Waals surface area (Å²) in [5.41, 5.74) is 3.62. The summed E-state index contributed by atoms with van der Waals surface area (Å²) in [7, 11) is 1.86. The number of nitrogens with one attached hydrogen (secondary N) is 1. The first-order valence-electron chi connectivity index (χ1n) is 7.27. The Morgan fingerprint density at radius 3 is 2.48 bits per heavy atom. The van der Waals surface area contributed by atoms with Crippen molar-refractivity contribution in [2.24, 2.45) is 0 Å². The number of nitrogens with zero attached hydrogens (tertiary/aromatic N) is 1. The molecule has 0 saturated heterocycles. The first-order valence-corrected chi connectivity index (χ1v) is 7.27. The second kappa shape index (κ2) is 6.17. The average Bonchev–Trinajstić information content (AvgIpc) is 2.45. The minimum atomic E-state index is 0.0651. The van der Waals surface area contributed by atoms with Gasteiger partial charge in [-0.2, -0.15) is 0 Å². The maximum Gasteiger partial charge on any atom is 0.125 e. The Morgan fingerprint density at radius 1 is 1.14 bits per heavy atom. The largest absolute Gasteiger partial charge is 0.489 e. The molecular formula is C18H24N2O. The molecule has 1 aromatic carbocycles. The van der Waals surface area contributed by atoms with E-state index in [4.69, 9.17) is 4.74 Å². The average molecular weight is 284 g/mol. The molecule has 21 heavy (non-hydrogen) atoms. The lowest BCUT2D eigenvalue weighted by Gasteiger charge is -2.23. The Balaban J connectivity index is 2.15. The summed E-state index contributed by atoms with van der Waals surface area (Å²) in [5.74, 6) is 1.82. The zero-order chi connectivity index (χ0) is 15.5. The second-order valence-corrected chi connectivity index (χ2v) is 6.34. The molecule has 1 N–H and O–H groups in total. The molecule has 1 aromatic heterocycles. The zero-order valence-corrected chi connectivity index (χ0v) is 13.5. The van der Waals surface area contributed by atoms with Crippen LogP contribution in [0.3, 0.4) is 0 Å². The second-order valence-electron chi connectivity index (χ2n) is 6.34. The van der Waals surface area contributed by atoms with Crippen LogP contribution in [0, 0.1) is 6.92 Å². The van der Waals surface area contributed by atoms with Gasteiger partial charge >= 0.3 is 0 Å². The summed E-state index contributed by atoms with van der Waals surface area (Å²) >= 11 is 0. The molecule has 2 rings (SSSR count). The molecule has 0 unspecified atom stereocenters. The monoisotopic (exact) mass is 284 g/mol. The van der Waals surface area contributed by atoms with E-state index in [-0.39, 0.29) is 5.41 Å². The third-order valence-electron chi connectivity index (χ3n) is 3.42. The van der Waals surface area contributed by atoms with Crippen LogP contribution in [-0.4, -0.2) is 12.0 Å². The number of aromatic nitrogens is 1. The SMILES string of the molecule is CNc1ccc(COc2ccc(C)cc2C(C)(C)C)cn1. The lowest BCUT2D eigenvalue weighted by atomic mass is 9.85. The van der Waals surface area contributed by atoms with Gasteiger partial charge in [-0.1, -0.05) is 44.5 Å². The fourth-order valence-electron chi connectivity index (χ4n) is 2.17.